The summed E-state index contributed by atoms with van der Waals surface area (Å²) in [7, 11) is 0. The summed E-state index contributed by atoms with van der Waals surface area (Å²) in [4.78, 5) is 4.41. The standard InChI is InChI=1S/C18H17N3O/c1-12-6-7-13(2)16(10-12)21-19-11-15-9-8-14-4-3-5-17(22)18(14)20-15/h3-11,21-22H,1-2H3/b19-11+. The van der Waals surface area contributed by atoms with Crippen molar-refractivity contribution in [1.29, 1.82) is 0 Å². The number of para-hydroxylation sites is 1. The van der Waals surface area contributed by atoms with Gasteiger partial charge in [0.15, 0.2) is 0 Å². The fraction of sp³-hybridized carbons (Fsp3) is 0.111. The van der Waals surface area contributed by atoms with Gasteiger partial charge in [-0.2, -0.15) is 5.10 Å². The van der Waals surface area contributed by atoms with Crippen LogP contribution in [0.15, 0.2) is 53.6 Å². The highest BCUT2D eigenvalue weighted by atomic mass is 16.3. The van der Waals surface area contributed by atoms with Crippen LogP contribution in [0.25, 0.3) is 10.9 Å². The van der Waals surface area contributed by atoms with Crippen LogP contribution in [-0.2, 0) is 0 Å². The zero-order valence-electron chi connectivity index (χ0n) is 12.5. The molecule has 0 radical (unpaired) electrons. The number of aromatic hydroxyl groups is 1. The number of rotatable bonds is 3. The molecule has 4 nitrogen and oxygen atoms in total. The summed E-state index contributed by atoms with van der Waals surface area (Å²) >= 11 is 0. The van der Waals surface area contributed by atoms with Gasteiger partial charge >= 0.3 is 0 Å². The molecule has 110 valence electrons. The molecule has 0 fully saturated rings. The zero-order chi connectivity index (χ0) is 15.5. The number of phenolic OH excluding ortho intramolecular Hbond substituents is 1. The quantitative estimate of drug-likeness (QED) is 0.566. The highest BCUT2D eigenvalue weighted by Crippen LogP contribution is 2.22. The first-order valence-electron chi connectivity index (χ1n) is 7.08. The highest BCUT2D eigenvalue weighted by Gasteiger charge is 2.01. The highest BCUT2D eigenvalue weighted by molar-refractivity contribution is 5.88. The molecular formula is C18H17N3O. The van der Waals surface area contributed by atoms with Crippen LogP contribution < -0.4 is 5.43 Å². The SMILES string of the molecule is Cc1ccc(C)c(N/N=C/c2ccc3cccc(O)c3n2)c1. The molecule has 1 aromatic heterocycles. The Hall–Kier alpha value is -2.88. The van der Waals surface area contributed by atoms with Crippen LogP contribution in [0, 0.1) is 13.8 Å². The van der Waals surface area contributed by atoms with Crippen molar-refractivity contribution in [1.82, 2.24) is 4.98 Å². The Balaban J connectivity index is 1.83. The van der Waals surface area contributed by atoms with E-state index >= 15 is 0 Å². The lowest BCUT2D eigenvalue weighted by atomic mass is 10.1. The summed E-state index contributed by atoms with van der Waals surface area (Å²) in [6.45, 7) is 4.08. The van der Waals surface area contributed by atoms with Crippen LogP contribution in [-0.4, -0.2) is 16.3 Å². The van der Waals surface area contributed by atoms with Crippen molar-refractivity contribution in [2.75, 3.05) is 5.43 Å². The van der Waals surface area contributed by atoms with Gasteiger partial charge in [0.1, 0.15) is 11.3 Å². The number of nitrogens with zero attached hydrogens (tertiary/aromatic N) is 2. The topological polar surface area (TPSA) is 57.5 Å². The van der Waals surface area contributed by atoms with E-state index in [4.69, 9.17) is 0 Å². The van der Waals surface area contributed by atoms with E-state index in [1.807, 2.05) is 38.1 Å². The molecule has 0 aliphatic rings. The molecule has 2 aromatic carbocycles. The molecule has 0 spiro atoms. The maximum absolute atomic E-state index is 9.84. The third-order valence-electron chi connectivity index (χ3n) is 3.50. The number of fused-ring (bicyclic) bond motifs is 1. The molecule has 2 N–H and O–H groups in total. The van der Waals surface area contributed by atoms with Gasteiger partial charge in [0.25, 0.3) is 0 Å². The van der Waals surface area contributed by atoms with E-state index in [-0.39, 0.29) is 5.75 Å². The largest absolute Gasteiger partial charge is 0.506 e. The summed E-state index contributed by atoms with van der Waals surface area (Å²) in [6.07, 6.45) is 1.65. The molecule has 0 unspecified atom stereocenters. The van der Waals surface area contributed by atoms with E-state index < -0.39 is 0 Å². The Kier molecular flexibility index (Phi) is 3.74. The van der Waals surface area contributed by atoms with E-state index in [1.54, 1.807) is 18.3 Å². The summed E-state index contributed by atoms with van der Waals surface area (Å²) in [5, 5.41) is 15.0. The van der Waals surface area contributed by atoms with Crippen molar-refractivity contribution in [2.45, 2.75) is 13.8 Å². The van der Waals surface area contributed by atoms with Crippen LogP contribution in [0.5, 0.6) is 5.75 Å². The number of benzene rings is 2. The number of aromatic nitrogens is 1. The van der Waals surface area contributed by atoms with Gasteiger partial charge in [-0.1, -0.05) is 30.3 Å². The van der Waals surface area contributed by atoms with Gasteiger partial charge in [-0.05, 0) is 43.2 Å². The predicted octanol–water partition coefficient (Wildman–Crippen LogP) is 4.00. The smallest absolute Gasteiger partial charge is 0.141 e. The monoisotopic (exact) mass is 291 g/mol. The minimum atomic E-state index is 0.176. The fourth-order valence-corrected chi connectivity index (χ4v) is 2.24. The van der Waals surface area contributed by atoms with Crippen LogP contribution in [0.4, 0.5) is 5.69 Å². The molecule has 0 saturated carbocycles. The molecule has 0 amide bonds. The summed E-state index contributed by atoms with van der Waals surface area (Å²) < 4.78 is 0. The molecule has 22 heavy (non-hydrogen) atoms. The van der Waals surface area contributed by atoms with Crippen molar-refractivity contribution in [3.8, 4) is 5.75 Å². The molecule has 4 heteroatoms. The summed E-state index contributed by atoms with van der Waals surface area (Å²) in [6, 6.07) is 15.3. The van der Waals surface area contributed by atoms with Gasteiger partial charge in [-0.3, -0.25) is 5.43 Å². The van der Waals surface area contributed by atoms with Crippen LogP contribution in [0.3, 0.4) is 0 Å². The van der Waals surface area contributed by atoms with Crippen molar-refractivity contribution in [3.63, 3.8) is 0 Å². The molecule has 0 saturated heterocycles. The number of anilines is 1. The summed E-state index contributed by atoms with van der Waals surface area (Å²) in [5.74, 6) is 0.176. The molecule has 3 rings (SSSR count). The van der Waals surface area contributed by atoms with Crippen LogP contribution in [0.2, 0.25) is 0 Å². The molecule has 1 heterocycles. The van der Waals surface area contributed by atoms with E-state index in [1.165, 1.54) is 5.56 Å². The lowest BCUT2D eigenvalue weighted by molar-refractivity contribution is 0.480. The second-order valence-electron chi connectivity index (χ2n) is 5.27. The molecule has 0 aliphatic heterocycles. The lowest BCUT2D eigenvalue weighted by Crippen LogP contribution is -1.95. The number of hydrogen-bond donors (Lipinski definition) is 2. The number of aryl methyl sites for hydroxylation is 2. The Bertz CT molecular complexity index is 856. The van der Waals surface area contributed by atoms with E-state index in [9.17, 15) is 5.11 Å². The fourth-order valence-electron chi connectivity index (χ4n) is 2.24. The molecule has 0 atom stereocenters. The Morgan fingerprint density at radius 1 is 1.09 bits per heavy atom. The zero-order valence-corrected chi connectivity index (χ0v) is 12.5. The second kappa shape index (κ2) is 5.85. The van der Waals surface area contributed by atoms with Gasteiger partial charge in [-0.25, -0.2) is 4.98 Å². The summed E-state index contributed by atoms with van der Waals surface area (Å²) in [5.41, 5.74) is 7.58. The molecule has 0 aliphatic carbocycles. The minimum Gasteiger partial charge on any atom is -0.506 e. The van der Waals surface area contributed by atoms with Crippen LogP contribution in [0.1, 0.15) is 16.8 Å². The van der Waals surface area contributed by atoms with Crippen molar-refractivity contribution in [2.24, 2.45) is 5.10 Å². The number of nitrogens with one attached hydrogen (secondary N) is 1. The predicted molar refractivity (Wildman–Crippen MR) is 90.5 cm³/mol. The molecule has 0 bridgehead atoms. The number of phenols is 1. The van der Waals surface area contributed by atoms with Gasteiger partial charge in [0, 0.05) is 5.39 Å². The first kappa shape index (κ1) is 14.1. The first-order chi connectivity index (χ1) is 10.6. The first-order valence-corrected chi connectivity index (χ1v) is 7.08. The average molecular weight is 291 g/mol. The van der Waals surface area contributed by atoms with Crippen LogP contribution >= 0.6 is 0 Å². The van der Waals surface area contributed by atoms with Gasteiger partial charge < -0.3 is 5.11 Å². The third-order valence-corrected chi connectivity index (χ3v) is 3.50. The van der Waals surface area contributed by atoms with Crippen molar-refractivity contribution < 1.29 is 5.11 Å². The van der Waals surface area contributed by atoms with Crippen molar-refractivity contribution in [3.05, 3.63) is 65.4 Å². The molecule has 3 aromatic rings. The number of pyridine rings is 1. The maximum Gasteiger partial charge on any atom is 0.141 e. The Morgan fingerprint density at radius 3 is 2.82 bits per heavy atom. The van der Waals surface area contributed by atoms with E-state index in [0.29, 0.717) is 11.2 Å². The Labute approximate surface area is 129 Å². The number of hydrazone groups is 1. The number of hydrogen-bond acceptors (Lipinski definition) is 4. The van der Waals surface area contributed by atoms with Crippen molar-refractivity contribution >= 4 is 22.8 Å². The Morgan fingerprint density at radius 2 is 1.95 bits per heavy atom. The minimum absolute atomic E-state index is 0.176. The lowest BCUT2D eigenvalue weighted by Gasteiger charge is -2.05. The maximum atomic E-state index is 9.84. The normalized spacial score (nSPS) is 11.2. The average Bonchev–Trinajstić information content (AvgIpc) is 2.51. The third kappa shape index (κ3) is 2.91. The van der Waals surface area contributed by atoms with E-state index in [0.717, 1.165) is 16.6 Å². The van der Waals surface area contributed by atoms with Gasteiger partial charge in [0.2, 0.25) is 0 Å². The second-order valence-corrected chi connectivity index (χ2v) is 5.27. The van der Waals surface area contributed by atoms with Gasteiger partial charge in [0.05, 0.1) is 17.6 Å². The van der Waals surface area contributed by atoms with Gasteiger partial charge in [-0.15, -0.1) is 0 Å². The van der Waals surface area contributed by atoms with E-state index in [2.05, 4.69) is 27.6 Å². The molecular weight excluding hydrogens is 274 g/mol.